The summed E-state index contributed by atoms with van der Waals surface area (Å²) in [5.74, 6) is 0.891. The first-order valence-electron chi connectivity index (χ1n) is 7.90. The van der Waals surface area contributed by atoms with E-state index in [0.29, 0.717) is 0 Å². The molecule has 0 spiro atoms. The number of para-hydroxylation sites is 1. The zero-order valence-electron chi connectivity index (χ0n) is 14.4. The summed E-state index contributed by atoms with van der Waals surface area (Å²) in [5, 5.41) is 3.54. The molecule has 3 nitrogen and oxygen atoms in total. The van der Waals surface area contributed by atoms with Crippen molar-refractivity contribution >= 4 is 0 Å². The highest BCUT2D eigenvalue weighted by molar-refractivity contribution is 5.35. The Morgan fingerprint density at radius 2 is 1.86 bits per heavy atom. The van der Waals surface area contributed by atoms with Crippen LogP contribution in [0.5, 0.6) is 5.75 Å². The number of rotatable bonds is 8. The normalized spacial score (nSPS) is 14.8. The summed E-state index contributed by atoms with van der Waals surface area (Å²) < 4.78 is 11.8. The number of benzene rings is 1. The van der Waals surface area contributed by atoms with Gasteiger partial charge in [-0.15, -0.1) is 0 Å². The predicted octanol–water partition coefficient (Wildman–Crippen LogP) is 4.33. The highest BCUT2D eigenvalue weighted by atomic mass is 16.5. The molecule has 1 aromatic carbocycles. The quantitative estimate of drug-likeness (QED) is 0.774. The zero-order valence-corrected chi connectivity index (χ0v) is 14.4. The number of hydrogen-bond donors (Lipinski definition) is 1. The van der Waals surface area contributed by atoms with Crippen molar-refractivity contribution in [1.82, 2.24) is 5.32 Å². The Morgan fingerprint density at radius 3 is 2.43 bits per heavy atom. The second-order valence-electron chi connectivity index (χ2n) is 6.60. The van der Waals surface area contributed by atoms with Gasteiger partial charge < -0.3 is 14.8 Å². The summed E-state index contributed by atoms with van der Waals surface area (Å²) >= 11 is 0. The van der Waals surface area contributed by atoms with Crippen molar-refractivity contribution in [2.45, 2.75) is 65.2 Å². The van der Waals surface area contributed by atoms with Crippen LogP contribution in [0.1, 0.15) is 59.1 Å². The van der Waals surface area contributed by atoms with E-state index in [9.17, 15) is 0 Å². The lowest BCUT2D eigenvalue weighted by Crippen LogP contribution is -2.39. The number of methoxy groups -OCH3 is 1. The molecule has 3 heteroatoms. The van der Waals surface area contributed by atoms with E-state index in [-0.39, 0.29) is 17.7 Å². The van der Waals surface area contributed by atoms with Gasteiger partial charge in [-0.25, -0.2) is 0 Å². The lowest BCUT2D eigenvalue weighted by molar-refractivity contribution is -0.0110. The Balaban J connectivity index is 2.89. The number of hydrogen-bond acceptors (Lipinski definition) is 3. The minimum atomic E-state index is 0.00178. The summed E-state index contributed by atoms with van der Waals surface area (Å²) in [7, 11) is 1.71. The molecule has 0 aliphatic heterocycles. The summed E-state index contributed by atoms with van der Waals surface area (Å²) in [6.07, 6.45) is 2.45. The molecule has 120 valence electrons. The Kier molecular flexibility index (Phi) is 7.20. The van der Waals surface area contributed by atoms with Gasteiger partial charge in [0.15, 0.2) is 0 Å². The molecule has 0 heterocycles. The summed E-state index contributed by atoms with van der Waals surface area (Å²) in [5.41, 5.74) is 1.18. The topological polar surface area (TPSA) is 30.5 Å². The van der Waals surface area contributed by atoms with Crippen molar-refractivity contribution < 1.29 is 9.47 Å². The van der Waals surface area contributed by atoms with Crippen LogP contribution in [0.15, 0.2) is 24.3 Å². The van der Waals surface area contributed by atoms with Gasteiger partial charge >= 0.3 is 0 Å². The second-order valence-corrected chi connectivity index (χ2v) is 6.60. The van der Waals surface area contributed by atoms with Crippen LogP contribution in [0, 0.1) is 0 Å². The van der Waals surface area contributed by atoms with E-state index >= 15 is 0 Å². The molecule has 0 aromatic heterocycles. The minimum Gasteiger partial charge on any atom is -0.496 e. The largest absolute Gasteiger partial charge is 0.496 e. The van der Waals surface area contributed by atoms with Gasteiger partial charge in [-0.3, -0.25) is 0 Å². The third kappa shape index (κ3) is 6.49. The van der Waals surface area contributed by atoms with Crippen molar-refractivity contribution in [2.75, 3.05) is 13.7 Å². The Morgan fingerprint density at radius 1 is 1.19 bits per heavy atom. The highest BCUT2D eigenvalue weighted by Crippen LogP contribution is 2.29. The molecule has 0 bridgehead atoms. The highest BCUT2D eigenvalue weighted by Gasteiger charge is 2.21. The van der Waals surface area contributed by atoms with Crippen LogP contribution in [0.4, 0.5) is 0 Å². The molecule has 1 aromatic rings. The third-order valence-corrected chi connectivity index (χ3v) is 3.40. The smallest absolute Gasteiger partial charge is 0.124 e. The lowest BCUT2D eigenvalue weighted by atomic mass is 10.0. The van der Waals surface area contributed by atoms with Crippen LogP contribution < -0.4 is 10.1 Å². The second kappa shape index (κ2) is 8.40. The maximum atomic E-state index is 6.27. The number of ether oxygens (including phenoxy) is 2. The van der Waals surface area contributed by atoms with Gasteiger partial charge in [0, 0.05) is 17.6 Å². The molecule has 0 radical (unpaired) electrons. The van der Waals surface area contributed by atoms with E-state index < -0.39 is 0 Å². The van der Waals surface area contributed by atoms with E-state index in [1.807, 2.05) is 18.2 Å². The van der Waals surface area contributed by atoms with Gasteiger partial charge in [-0.05, 0) is 40.2 Å². The fourth-order valence-corrected chi connectivity index (χ4v) is 2.32. The van der Waals surface area contributed by atoms with Crippen LogP contribution in [0.25, 0.3) is 0 Å². The van der Waals surface area contributed by atoms with Crippen molar-refractivity contribution in [3.63, 3.8) is 0 Å². The van der Waals surface area contributed by atoms with Crippen LogP contribution in [-0.4, -0.2) is 25.3 Å². The average molecular weight is 293 g/mol. The minimum absolute atomic E-state index is 0.00178. The molecule has 0 aliphatic carbocycles. The first kappa shape index (κ1) is 18.0. The maximum absolute atomic E-state index is 6.27. The van der Waals surface area contributed by atoms with Gasteiger partial charge in [-0.2, -0.15) is 0 Å². The monoisotopic (exact) mass is 293 g/mol. The van der Waals surface area contributed by atoms with E-state index in [1.54, 1.807) is 7.11 Å². The molecule has 0 saturated carbocycles. The number of nitrogens with one attached hydrogen (secondary N) is 1. The van der Waals surface area contributed by atoms with E-state index in [1.165, 1.54) is 0 Å². The van der Waals surface area contributed by atoms with Gasteiger partial charge in [-0.1, -0.05) is 31.5 Å². The van der Waals surface area contributed by atoms with E-state index in [2.05, 4.69) is 46.0 Å². The fourth-order valence-electron chi connectivity index (χ4n) is 2.32. The maximum Gasteiger partial charge on any atom is 0.124 e. The SMILES string of the molecule is CCCC(C)OC(CNC(C)(C)C)c1ccccc1OC. The first-order valence-corrected chi connectivity index (χ1v) is 7.90. The van der Waals surface area contributed by atoms with Gasteiger partial charge in [0.2, 0.25) is 0 Å². The molecule has 1 N–H and O–H groups in total. The molecule has 0 fully saturated rings. The van der Waals surface area contributed by atoms with Crippen LogP contribution >= 0.6 is 0 Å². The molecular weight excluding hydrogens is 262 g/mol. The Hall–Kier alpha value is -1.06. The molecule has 2 unspecified atom stereocenters. The summed E-state index contributed by atoms with van der Waals surface area (Å²) in [6.45, 7) is 11.6. The van der Waals surface area contributed by atoms with Crippen LogP contribution in [0.2, 0.25) is 0 Å². The lowest BCUT2D eigenvalue weighted by Gasteiger charge is -2.28. The molecular formula is C18H31NO2. The zero-order chi connectivity index (χ0) is 15.9. The van der Waals surface area contributed by atoms with Gasteiger partial charge in [0.1, 0.15) is 5.75 Å². The third-order valence-electron chi connectivity index (χ3n) is 3.40. The standard InChI is InChI=1S/C18H31NO2/c1-7-10-14(2)21-17(13-19-18(3,4)5)15-11-8-9-12-16(15)20-6/h8-9,11-12,14,17,19H,7,10,13H2,1-6H3. The molecule has 0 aliphatic rings. The van der Waals surface area contributed by atoms with Gasteiger partial charge in [0.05, 0.1) is 19.3 Å². The summed E-state index contributed by atoms with van der Waals surface area (Å²) in [6, 6.07) is 8.11. The van der Waals surface area contributed by atoms with Crippen molar-refractivity contribution in [1.29, 1.82) is 0 Å². The average Bonchev–Trinajstić information content (AvgIpc) is 2.42. The molecule has 1 rings (SSSR count). The summed E-state index contributed by atoms with van der Waals surface area (Å²) in [4.78, 5) is 0. The Bertz CT molecular complexity index is 412. The predicted molar refractivity (Wildman–Crippen MR) is 88.9 cm³/mol. The van der Waals surface area contributed by atoms with Gasteiger partial charge in [0.25, 0.3) is 0 Å². The molecule has 2 atom stereocenters. The Labute approximate surface area is 130 Å². The van der Waals surface area contributed by atoms with E-state index in [4.69, 9.17) is 9.47 Å². The van der Waals surface area contributed by atoms with Crippen LogP contribution in [0.3, 0.4) is 0 Å². The molecule has 21 heavy (non-hydrogen) atoms. The molecule has 0 amide bonds. The first-order chi connectivity index (χ1) is 9.87. The molecule has 0 saturated heterocycles. The van der Waals surface area contributed by atoms with Crippen molar-refractivity contribution in [3.05, 3.63) is 29.8 Å². The van der Waals surface area contributed by atoms with Crippen LogP contribution in [-0.2, 0) is 4.74 Å². The van der Waals surface area contributed by atoms with E-state index in [0.717, 1.165) is 30.7 Å². The van der Waals surface area contributed by atoms with Crippen molar-refractivity contribution in [2.24, 2.45) is 0 Å². The van der Waals surface area contributed by atoms with Crippen molar-refractivity contribution in [3.8, 4) is 5.75 Å². The fraction of sp³-hybridized carbons (Fsp3) is 0.667.